The topological polar surface area (TPSA) is 52.6 Å². The van der Waals surface area contributed by atoms with Crippen LogP contribution >= 0.6 is 0 Å². The maximum absolute atomic E-state index is 10.4. The highest BCUT2D eigenvalue weighted by atomic mass is 16.4. The maximum Gasteiger partial charge on any atom is 0.304 e. The quantitative estimate of drug-likeness (QED) is 0.757. The predicted molar refractivity (Wildman–Crippen MR) is 71.7 cm³/mol. The van der Waals surface area contributed by atoms with E-state index in [2.05, 4.69) is 10.2 Å². The van der Waals surface area contributed by atoms with Crippen LogP contribution in [0.25, 0.3) is 0 Å². The van der Waals surface area contributed by atoms with Crippen molar-refractivity contribution in [3.63, 3.8) is 0 Å². The van der Waals surface area contributed by atoms with E-state index in [1.54, 1.807) is 0 Å². The van der Waals surface area contributed by atoms with Crippen LogP contribution in [-0.2, 0) is 4.79 Å². The van der Waals surface area contributed by atoms with E-state index >= 15 is 0 Å². The summed E-state index contributed by atoms with van der Waals surface area (Å²) in [5.41, 5.74) is 0. The van der Waals surface area contributed by atoms with Gasteiger partial charge in [0.05, 0.1) is 6.42 Å². The van der Waals surface area contributed by atoms with Crippen LogP contribution < -0.4 is 5.32 Å². The Hall–Kier alpha value is -0.610. The second-order valence-electron chi connectivity index (χ2n) is 5.82. The van der Waals surface area contributed by atoms with Gasteiger partial charge in [-0.25, -0.2) is 0 Å². The summed E-state index contributed by atoms with van der Waals surface area (Å²) in [5.74, 6) is 0.239. The first-order valence-electron chi connectivity index (χ1n) is 7.41. The summed E-state index contributed by atoms with van der Waals surface area (Å²) in [4.78, 5) is 13.0. The molecule has 0 radical (unpaired) electrons. The van der Waals surface area contributed by atoms with Gasteiger partial charge in [-0.05, 0) is 44.7 Å². The van der Waals surface area contributed by atoms with Crippen molar-refractivity contribution in [2.24, 2.45) is 5.92 Å². The summed E-state index contributed by atoms with van der Waals surface area (Å²) in [6.45, 7) is 4.27. The van der Waals surface area contributed by atoms with Crippen molar-refractivity contribution >= 4 is 5.97 Å². The number of carboxylic acid groups (broad SMARTS) is 1. The number of rotatable bonds is 6. The number of likely N-dealkylation sites (tertiary alicyclic amines) is 1. The second kappa shape index (κ2) is 7.10. The molecule has 1 saturated carbocycles. The summed E-state index contributed by atoms with van der Waals surface area (Å²) in [6, 6.07) is 0.532. The number of nitrogens with zero attached hydrogens (tertiary/aromatic N) is 1. The fourth-order valence-electron chi connectivity index (χ4n) is 3.26. The van der Waals surface area contributed by atoms with E-state index in [0.717, 1.165) is 5.92 Å². The molecule has 1 aliphatic carbocycles. The summed E-state index contributed by atoms with van der Waals surface area (Å²) < 4.78 is 0. The molecular weight excluding hydrogens is 228 g/mol. The smallest absolute Gasteiger partial charge is 0.304 e. The van der Waals surface area contributed by atoms with E-state index in [-0.39, 0.29) is 6.42 Å². The van der Waals surface area contributed by atoms with Gasteiger partial charge in [-0.2, -0.15) is 0 Å². The number of piperidine rings is 1. The Labute approximate surface area is 110 Å². The number of hydrogen-bond acceptors (Lipinski definition) is 3. The monoisotopic (exact) mass is 254 g/mol. The standard InChI is InChI=1S/C14H26N2O2/c17-14(18)5-8-15-13-6-9-16(10-7-13)11-12-3-1-2-4-12/h12-13,15H,1-11H2,(H,17,18). The Morgan fingerprint density at radius 1 is 1.17 bits per heavy atom. The Bertz CT molecular complexity index is 257. The first-order chi connectivity index (χ1) is 8.74. The van der Waals surface area contributed by atoms with Crippen molar-refractivity contribution in [3.8, 4) is 0 Å². The fraction of sp³-hybridized carbons (Fsp3) is 0.929. The Kier molecular flexibility index (Phi) is 5.45. The van der Waals surface area contributed by atoms with Gasteiger partial charge in [-0.1, -0.05) is 12.8 Å². The molecule has 0 spiro atoms. The van der Waals surface area contributed by atoms with E-state index < -0.39 is 5.97 Å². The normalized spacial score (nSPS) is 23.6. The lowest BCUT2D eigenvalue weighted by Crippen LogP contribution is -2.44. The first-order valence-corrected chi connectivity index (χ1v) is 7.41. The third-order valence-corrected chi connectivity index (χ3v) is 4.35. The van der Waals surface area contributed by atoms with Crippen molar-refractivity contribution in [3.05, 3.63) is 0 Å². The van der Waals surface area contributed by atoms with Crippen LogP contribution in [0, 0.1) is 5.92 Å². The van der Waals surface area contributed by atoms with Gasteiger partial charge >= 0.3 is 5.97 Å². The molecule has 18 heavy (non-hydrogen) atoms. The molecule has 0 aromatic rings. The summed E-state index contributed by atoms with van der Waals surface area (Å²) in [7, 11) is 0. The lowest BCUT2D eigenvalue weighted by atomic mass is 10.0. The molecule has 4 nitrogen and oxygen atoms in total. The van der Waals surface area contributed by atoms with Crippen LogP contribution in [0.3, 0.4) is 0 Å². The van der Waals surface area contributed by atoms with Gasteiger partial charge in [-0.15, -0.1) is 0 Å². The van der Waals surface area contributed by atoms with Gasteiger partial charge < -0.3 is 15.3 Å². The SMILES string of the molecule is O=C(O)CCNC1CCN(CC2CCCC2)CC1. The predicted octanol–water partition coefficient (Wildman–Crippen LogP) is 1.71. The molecule has 4 heteroatoms. The summed E-state index contributed by atoms with van der Waals surface area (Å²) in [6.07, 6.45) is 8.30. The van der Waals surface area contributed by atoms with Crippen LogP contribution in [0.4, 0.5) is 0 Å². The molecule has 0 aromatic carbocycles. The van der Waals surface area contributed by atoms with Crippen LogP contribution in [-0.4, -0.2) is 48.2 Å². The average Bonchev–Trinajstić information content (AvgIpc) is 2.84. The molecule has 0 atom stereocenters. The molecule has 104 valence electrons. The van der Waals surface area contributed by atoms with Crippen molar-refractivity contribution in [1.29, 1.82) is 0 Å². The summed E-state index contributed by atoms with van der Waals surface area (Å²) >= 11 is 0. The molecule has 2 N–H and O–H groups in total. The lowest BCUT2D eigenvalue weighted by molar-refractivity contribution is -0.136. The van der Waals surface area contributed by atoms with Gasteiger partial charge in [0.1, 0.15) is 0 Å². The number of hydrogen-bond donors (Lipinski definition) is 2. The van der Waals surface area contributed by atoms with Crippen LogP contribution in [0.5, 0.6) is 0 Å². The van der Waals surface area contributed by atoms with Crippen LogP contribution in [0.1, 0.15) is 44.9 Å². The fourth-order valence-corrected chi connectivity index (χ4v) is 3.26. The maximum atomic E-state index is 10.4. The molecule has 1 saturated heterocycles. The molecule has 2 aliphatic rings. The van der Waals surface area contributed by atoms with Crippen LogP contribution in [0.15, 0.2) is 0 Å². The molecule has 0 unspecified atom stereocenters. The van der Waals surface area contributed by atoms with Crippen LogP contribution in [0.2, 0.25) is 0 Å². The zero-order valence-electron chi connectivity index (χ0n) is 11.2. The Balaban J connectivity index is 1.57. The molecule has 2 fully saturated rings. The lowest BCUT2D eigenvalue weighted by Gasteiger charge is -2.33. The minimum absolute atomic E-state index is 0.238. The van der Waals surface area contributed by atoms with Gasteiger partial charge in [0, 0.05) is 19.1 Å². The number of carbonyl (C=O) groups is 1. The molecule has 0 bridgehead atoms. The minimum atomic E-state index is -0.707. The summed E-state index contributed by atoms with van der Waals surface area (Å²) in [5, 5.41) is 12.0. The van der Waals surface area contributed by atoms with Crippen molar-refractivity contribution in [2.45, 2.75) is 51.0 Å². The molecule has 0 aromatic heterocycles. The van der Waals surface area contributed by atoms with Gasteiger partial charge in [0.25, 0.3) is 0 Å². The second-order valence-corrected chi connectivity index (χ2v) is 5.82. The zero-order valence-corrected chi connectivity index (χ0v) is 11.2. The van der Waals surface area contributed by atoms with Gasteiger partial charge in [0.2, 0.25) is 0 Å². The van der Waals surface area contributed by atoms with E-state index in [4.69, 9.17) is 5.11 Å². The van der Waals surface area contributed by atoms with Gasteiger partial charge in [-0.3, -0.25) is 4.79 Å². The highest BCUT2D eigenvalue weighted by molar-refractivity contribution is 5.66. The first kappa shape index (κ1) is 13.8. The number of nitrogens with one attached hydrogen (secondary N) is 1. The average molecular weight is 254 g/mol. The number of carboxylic acids is 1. The number of aliphatic carboxylic acids is 1. The molecule has 0 amide bonds. The third kappa shape index (κ3) is 4.58. The Morgan fingerprint density at radius 3 is 2.44 bits per heavy atom. The molecule has 2 rings (SSSR count). The van der Waals surface area contributed by atoms with E-state index in [9.17, 15) is 4.79 Å². The van der Waals surface area contributed by atoms with Gasteiger partial charge in [0.15, 0.2) is 0 Å². The molecule has 1 aliphatic heterocycles. The van der Waals surface area contributed by atoms with E-state index in [1.165, 1.54) is 58.2 Å². The van der Waals surface area contributed by atoms with Crippen molar-refractivity contribution in [2.75, 3.05) is 26.2 Å². The van der Waals surface area contributed by atoms with E-state index in [1.807, 2.05) is 0 Å². The molecular formula is C14H26N2O2. The van der Waals surface area contributed by atoms with Crippen molar-refractivity contribution in [1.82, 2.24) is 10.2 Å². The zero-order chi connectivity index (χ0) is 12.8. The molecule has 1 heterocycles. The third-order valence-electron chi connectivity index (χ3n) is 4.35. The van der Waals surface area contributed by atoms with E-state index in [0.29, 0.717) is 12.6 Å². The largest absolute Gasteiger partial charge is 0.481 e. The van der Waals surface area contributed by atoms with Crippen molar-refractivity contribution < 1.29 is 9.90 Å². The Morgan fingerprint density at radius 2 is 1.83 bits per heavy atom. The highest BCUT2D eigenvalue weighted by Gasteiger charge is 2.23. The minimum Gasteiger partial charge on any atom is -0.481 e. The highest BCUT2D eigenvalue weighted by Crippen LogP contribution is 2.26.